The number of hydrogen-bond donors (Lipinski definition) is 1. The van der Waals surface area contributed by atoms with Crippen LogP contribution in [0.25, 0.3) is 6.08 Å². The normalized spacial score (nSPS) is 11.9. The zero-order valence-electron chi connectivity index (χ0n) is 13.0. The Kier molecular flexibility index (Phi) is 5.79. The maximum Gasteiger partial charge on any atom is 0.340 e. The molecule has 5 nitrogen and oxygen atoms in total. The van der Waals surface area contributed by atoms with E-state index in [9.17, 15) is 22.4 Å². The monoisotopic (exact) mass is 358 g/mol. The van der Waals surface area contributed by atoms with E-state index in [4.69, 9.17) is 4.42 Å². The smallest absolute Gasteiger partial charge is 0.340 e. The Morgan fingerprint density at radius 1 is 1.36 bits per heavy atom. The van der Waals surface area contributed by atoms with Crippen LogP contribution in [0.5, 0.6) is 5.88 Å². The van der Waals surface area contributed by atoms with Crippen molar-refractivity contribution in [1.29, 1.82) is 0 Å². The van der Waals surface area contributed by atoms with E-state index < -0.39 is 24.9 Å². The third-order valence-electron chi connectivity index (χ3n) is 2.90. The number of carbonyl (C=O) groups excluding carboxylic acids is 1. The van der Waals surface area contributed by atoms with Crippen LogP contribution in [0.2, 0.25) is 0 Å². The second-order valence-electron chi connectivity index (χ2n) is 5.01. The van der Waals surface area contributed by atoms with Gasteiger partial charge in [0.05, 0.1) is 11.9 Å². The van der Waals surface area contributed by atoms with E-state index in [1.165, 1.54) is 24.3 Å². The van der Waals surface area contributed by atoms with Crippen molar-refractivity contribution in [2.24, 2.45) is 0 Å². The third-order valence-corrected chi connectivity index (χ3v) is 2.90. The Morgan fingerprint density at radius 3 is 2.68 bits per heavy atom. The van der Waals surface area contributed by atoms with Crippen LogP contribution in [0.15, 0.2) is 41.0 Å². The topological polar surface area (TPSA) is 64.4 Å². The van der Waals surface area contributed by atoms with E-state index in [2.05, 4.69) is 15.0 Å². The van der Waals surface area contributed by atoms with Gasteiger partial charge in [-0.15, -0.1) is 0 Å². The van der Waals surface area contributed by atoms with Crippen molar-refractivity contribution in [3.8, 4) is 5.88 Å². The standard InChI is InChI=1S/C16H14F4N2O3/c1-10-2-4-12(25-10)5-6-13(23)22-11-3-7-14(21-8-11)24-9-16(19,20)15(17)18/h2-8,15H,9H2,1H3,(H,22,23)/b6-5+. The largest absolute Gasteiger partial charge is 0.471 e. The Labute approximate surface area is 140 Å². The Hall–Kier alpha value is -2.84. The molecule has 1 amide bonds. The number of furan rings is 1. The van der Waals surface area contributed by atoms with Gasteiger partial charge in [0.25, 0.3) is 0 Å². The number of aromatic nitrogens is 1. The zero-order valence-corrected chi connectivity index (χ0v) is 13.0. The molecule has 0 atom stereocenters. The number of rotatable bonds is 7. The lowest BCUT2D eigenvalue weighted by atomic mass is 10.3. The number of nitrogens with one attached hydrogen (secondary N) is 1. The summed E-state index contributed by atoms with van der Waals surface area (Å²) in [4.78, 5) is 15.4. The van der Waals surface area contributed by atoms with E-state index in [-0.39, 0.29) is 11.6 Å². The van der Waals surface area contributed by atoms with E-state index in [1.54, 1.807) is 19.1 Å². The first-order valence-electron chi connectivity index (χ1n) is 7.06. The molecular formula is C16H14F4N2O3. The molecule has 2 rings (SSSR count). The summed E-state index contributed by atoms with van der Waals surface area (Å²) in [5.41, 5.74) is 0.276. The van der Waals surface area contributed by atoms with Crippen molar-refractivity contribution in [3.63, 3.8) is 0 Å². The average Bonchev–Trinajstić information content (AvgIpc) is 2.98. The predicted octanol–water partition coefficient (Wildman–Crippen LogP) is 3.91. The molecule has 0 aliphatic carbocycles. The summed E-state index contributed by atoms with van der Waals surface area (Å²) in [6, 6.07) is 5.96. The summed E-state index contributed by atoms with van der Waals surface area (Å²) in [5.74, 6) is -3.77. The molecule has 0 unspecified atom stereocenters. The summed E-state index contributed by atoms with van der Waals surface area (Å²) >= 11 is 0. The maximum absolute atomic E-state index is 12.7. The molecule has 134 valence electrons. The molecule has 2 aromatic heterocycles. The minimum absolute atomic E-state index is 0.264. The number of halogens is 4. The van der Waals surface area contributed by atoms with E-state index >= 15 is 0 Å². The van der Waals surface area contributed by atoms with E-state index in [1.807, 2.05) is 0 Å². The Balaban J connectivity index is 1.87. The van der Waals surface area contributed by atoms with Crippen LogP contribution >= 0.6 is 0 Å². The fraction of sp³-hybridized carbons (Fsp3) is 0.250. The van der Waals surface area contributed by atoms with Gasteiger partial charge < -0.3 is 14.5 Å². The first kappa shape index (κ1) is 18.5. The highest BCUT2D eigenvalue weighted by atomic mass is 19.3. The third kappa shape index (κ3) is 5.63. The predicted molar refractivity (Wildman–Crippen MR) is 81.8 cm³/mol. The van der Waals surface area contributed by atoms with Crippen LogP contribution in [0.4, 0.5) is 23.2 Å². The molecule has 9 heteroatoms. The molecule has 2 aromatic rings. The summed E-state index contributed by atoms with van der Waals surface area (Å²) in [6.45, 7) is 0.276. The van der Waals surface area contributed by atoms with Gasteiger partial charge in [-0.1, -0.05) is 0 Å². The van der Waals surface area contributed by atoms with Crippen LogP contribution in [-0.4, -0.2) is 29.8 Å². The molecule has 0 aliphatic heterocycles. The van der Waals surface area contributed by atoms with Crippen LogP contribution in [-0.2, 0) is 4.79 Å². The highest BCUT2D eigenvalue weighted by Crippen LogP contribution is 2.24. The molecule has 0 saturated carbocycles. The Morgan fingerprint density at radius 2 is 2.12 bits per heavy atom. The summed E-state index contributed by atoms with van der Waals surface area (Å²) < 4.78 is 59.3. The maximum atomic E-state index is 12.7. The lowest BCUT2D eigenvalue weighted by Gasteiger charge is -2.15. The van der Waals surface area contributed by atoms with Crippen LogP contribution in [0.1, 0.15) is 11.5 Å². The number of aryl methyl sites for hydroxylation is 1. The highest BCUT2D eigenvalue weighted by Gasteiger charge is 2.41. The van der Waals surface area contributed by atoms with Gasteiger partial charge in [0.15, 0.2) is 6.61 Å². The first-order chi connectivity index (χ1) is 11.8. The molecule has 25 heavy (non-hydrogen) atoms. The van der Waals surface area contributed by atoms with E-state index in [0.29, 0.717) is 11.5 Å². The summed E-state index contributed by atoms with van der Waals surface area (Å²) in [5, 5.41) is 2.48. The van der Waals surface area contributed by atoms with Gasteiger partial charge in [0, 0.05) is 12.1 Å². The van der Waals surface area contributed by atoms with Gasteiger partial charge in [-0.3, -0.25) is 4.79 Å². The van der Waals surface area contributed by atoms with E-state index in [0.717, 1.165) is 6.20 Å². The van der Waals surface area contributed by atoms with Gasteiger partial charge in [-0.25, -0.2) is 13.8 Å². The van der Waals surface area contributed by atoms with Crippen molar-refractivity contribution in [1.82, 2.24) is 4.98 Å². The molecule has 0 bridgehead atoms. The van der Waals surface area contributed by atoms with Gasteiger partial charge in [-0.05, 0) is 31.2 Å². The second kappa shape index (κ2) is 7.82. The van der Waals surface area contributed by atoms with Crippen molar-refractivity contribution >= 4 is 17.7 Å². The fourth-order valence-electron chi connectivity index (χ4n) is 1.66. The number of pyridine rings is 1. The van der Waals surface area contributed by atoms with Gasteiger partial charge in [0.1, 0.15) is 11.5 Å². The Bertz CT molecular complexity index is 742. The number of nitrogens with zero attached hydrogens (tertiary/aromatic N) is 1. The van der Waals surface area contributed by atoms with Crippen LogP contribution < -0.4 is 10.1 Å². The number of alkyl halides is 4. The van der Waals surface area contributed by atoms with Crippen molar-refractivity contribution in [2.75, 3.05) is 11.9 Å². The molecule has 0 spiro atoms. The van der Waals surface area contributed by atoms with Crippen molar-refractivity contribution in [2.45, 2.75) is 19.3 Å². The zero-order chi connectivity index (χ0) is 18.4. The molecule has 2 heterocycles. The first-order valence-corrected chi connectivity index (χ1v) is 7.06. The summed E-state index contributed by atoms with van der Waals surface area (Å²) in [7, 11) is 0. The average molecular weight is 358 g/mol. The van der Waals surface area contributed by atoms with Crippen LogP contribution in [0.3, 0.4) is 0 Å². The van der Waals surface area contributed by atoms with Gasteiger partial charge in [-0.2, -0.15) is 8.78 Å². The molecule has 0 aliphatic rings. The number of carbonyl (C=O) groups is 1. The minimum atomic E-state index is -4.26. The molecule has 0 fully saturated rings. The van der Waals surface area contributed by atoms with Crippen LogP contribution in [0, 0.1) is 6.92 Å². The number of anilines is 1. The summed E-state index contributed by atoms with van der Waals surface area (Å²) in [6.07, 6.45) is 0.0419. The lowest BCUT2D eigenvalue weighted by Crippen LogP contribution is -2.33. The fourth-order valence-corrected chi connectivity index (χ4v) is 1.66. The molecule has 0 saturated heterocycles. The number of amides is 1. The van der Waals surface area contributed by atoms with Crippen molar-refractivity contribution in [3.05, 3.63) is 48.1 Å². The quantitative estimate of drug-likeness (QED) is 0.602. The molecule has 0 radical (unpaired) electrons. The van der Waals surface area contributed by atoms with Gasteiger partial charge in [0.2, 0.25) is 11.8 Å². The van der Waals surface area contributed by atoms with Gasteiger partial charge >= 0.3 is 12.3 Å². The minimum Gasteiger partial charge on any atom is -0.471 e. The second-order valence-corrected chi connectivity index (χ2v) is 5.01. The lowest BCUT2D eigenvalue weighted by molar-refractivity contribution is -0.148. The molecule has 1 N–H and O–H groups in total. The number of ether oxygens (including phenoxy) is 1. The highest BCUT2D eigenvalue weighted by molar-refractivity contribution is 6.01. The number of hydrogen-bond acceptors (Lipinski definition) is 4. The SMILES string of the molecule is Cc1ccc(/C=C/C(=O)Nc2ccc(OCC(F)(F)C(F)F)nc2)o1. The molecule has 0 aromatic carbocycles. The van der Waals surface area contributed by atoms with Crippen molar-refractivity contribution < 1.29 is 31.5 Å². The molecular weight excluding hydrogens is 344 g/mol.